The fourth-order valence-electron chi connectivity index (χ4n) is 1.75. The first-order chi connectivity index (χ1) is 8.33. The van der Waals surface area contributed by atoms with Crippen molar-refractivity contribution in [1.29, 1.82) is 0 Å². The largest absolute Gasteiger partial charge is 0.334 e. The highest BCUT2D eigenvalue weighted by molar-refractivity contribution is 5.91. The van der Waals surface area contributed by atoms with E-state index in [0.717, 1.165) is 16.8 Å². The molecule has 5 heteroatoms. The average Bonchev–Trinajstić information content (AvgIpc) is 2.39. The predicted molar refractivity (Wildman–Crippen MR) is 63.3 cm³/mol. The number of hydrogen-bond acceptors (Lipinski definition) is 3. The van der Waals surface area contributed by atoms with Crippen LogP contribution in [0.25, 0.3) is 11.3 Å². The van der Waals surface area contributed by atoms with E-state index in [2.05, 4.69) is 20.8 Å². The van der Waals surface area contributed by atoms with Crippen LogP contribution in [-0.4, -0.2) is 16.2 Å². The number of benzene rings is 1. The smallest absolute Gasteiger partial charge is 0.320 e. The van der Waals surface area contributed by atoms with Gasteiger partial charge in [0.1, 0.15) is 0 Å². The molecular weight excluding hydrogens is 216 g/mol. The first-order valence-electron chi connectivity index (χ1n) is 5.30. The van der Waals surface area contributed by atoms with E-state index in [9.17, 15) is 4.79 Å². The number of carbonyl (C=O) groups is 1. The van der Waals surface area contributed by atoms with E-state index >= 15 is 0 Å². The van der Waals surface area contributed by atoms with E-state index in [1.165, 1.54) is 0 Å². The quantitative estimate of drug-likeness (QED) is 0.778. The van der Waals surface area contributed by atoms with Gasteiger partial charge < -0.3 is 5.32 Å². The first-order valence-corrected chi connectivity index (χ1v) is 5.30. The van der Waals surface area contributed by atoms with Gasteiger partial charge in [-0.05, 0) is 6.07 Å². The van der Waals surface area contributed by atoms with Gasteiger partial charge in [-0.3, -0.25) is 5.32 Å². The molecule has 1 aromatic carbocycles. The maximum absolute atomic E-state index is 11.1. The topological polar surface area (TPSA) is 66.9 Å². The molecule has 1 aromatic heterocycles. The molecule has 84 valence electrons. The average molecular weight is 226 g/mol. The molecule has 1 aliphatic heterocycles. The highest BCUT2D eigenvalue weighted by Crippen LogP contribution is 2.21. The van der Waals surface area contributed by atoms with Crippen molar-refractivity contribution in [2.45, 2.75) is 6.54 Å². The van der Waals surface area contributed by atoms with Crippen molar-refractivity contribution in [3.63, 3.8) is 0 Å². The number of nitrogens with zero attached hydrogens (tertiary/aromatic N) is 2. The Bertz CT molecular complexity index is 568. The summed E-state index contributed by atoms with van der Waals surface area (Å²) in [6.07, 6.45) is 0. The lowest BCUT2D eigenvalue weighted by Gasteiger charge is -2.16. The second kappa shape index (κ2) is 3.86. The Balaban J connectivity index is 2.02. The fraction of sp³-hybridized carbons (Fsp3) is 0.0833. The normalized spacial score (nSPS) is 13.5. The minimum atomic E-state index is -0.237. The van der Waals surface area contributed by atoms with Gasteiger partial charge in [0.05, 0.1) is 5.69 Å². The molecular formula is C12H10N4O. The van der Waals surface area contributed by atoms with Crippen LogP contribution in [0.4, 0.5) is 10.6 Å². The monoisotopic (exact) mass is 226 g/mol. The molecule has 5 nitrogen and oxygen atoms in total. The summed E-state index contributed by atoms with van der Waals surface area (Å²) in [6, 6.07) is 11.5. The maximum Gasteiger partial charge on any atom is 0.320 e. The molecule has 0 saturated heterocycles. The predicted octanol–water partition coefficient (Wildman–Crippen LogP) is 1.78. The van der Waals surface area contributed by atoms with E-state index in [1.54, 1.807) is 0 Å². The van der Waals surface area contributed by atoms with Crippen LogP contribution in [0, 0.1) is 0 Å². The molecule has 0 unspecified atom stereocenters. The summed E-state index contributed by atoms with van der Waals surface area (Å²) in [5.41, 5.74) is 2.76. The molecule has 0 fully saturated rings. The van der Waals surface area contributed by atoms with Gasteiger partial charge in [0, 0.05) is 17.7 Å². The van der Waals surface area contributed by atoms with E-state index in [0.29, 0.717) is 12.4 Å². The Morgan fingerprint density at radius 2 is 1.94 bits per heavy atom. The van der Waals surface area contributed by atoms with Gasteiger partial charge >= 0.3 is 6.03 Å². The Kier molecular flexibility index (Phi) is 2.22. The Morgan fingerprint density at radius 1 is 1.12 bits per heavy atom. The number of anilines is 1. The third-order valence-corrected chi connectivity index (χ3v) is 2.61. The summed E-state index contributed by atoms with van der Waals surface area (Å²) in [5, 5.41) is 13.4. The minimum Gasteiger partial charge on any atom is -0.334 e. The van der Waals surface area contributed by atoms with Crippen LogP contribution in [0.5, 0.6) is 0 Å². The number of amides is 2. The van der Waals surface area contributed by atoms with Crippen LogP contribution in [0.3, 0.4) is 0 Å². The van der Waals surface area contributed by atoms with Gasteiger partial charge in [-0.1, -0.05) is 30.3 Å². The lowest BCUT2D eigenvalue weighted by Crippen LogP contribution is -2.34. The van der Waals surface area contributed by atoms with Crippen molar-refractivity contribution >= 4 is 11.8 Å². The second-order valence-corrected chi connectivity index (χ2v) is 3.78. The number of carbonyl (C=O) groups excluding carboxylic acids is 1. The number of nitrogens with one attached hydrogen (secondary N) is 2. The highest BCUT2D eigenvalue weighted by Gasteiger charge is 2.16. The highest BCUT2D eigenvalue weighted by atomic mass is 16.2. The molecule has 0 atom stereocenters. The lowest BCUT2D eigenvalue weighted by atomic mass is 10.1. The summed E-state index contributed by atoms with van der Waals surface area (Å²) in [5.74, 6) is 0.536. The second-order valence-electron chi connectivity index (χ2n) is 3.78. The zero-order valence-corrected chi connectivity index (χ0v) is 8.97. The summed E-state index contributed by atoms with van der Waals surface area (Å²) in [4.78, 5) is 11.1. The number of aromatic nitrogens is 2. The molecule has 0 radical (unpaired) electrons. The van der Waals surface area contributed by atoms with Crippen LogP contribution >= 0.6 is 0 Å². The van der Waals surface area contributed by atoms with E-state index < -0.39 is 0 Å². The van der Waals surface area contributed by atoms with Gasteiger partial charge in [0.2, 0.25) is 0 Å². The van der Waals surface area contributed by atoms with E-state index in [1.807, 2.05) is 36.4 Å². The standard InChI is InChI=1S/C12H10N4O/c17-12-13-7-9-6-10(15-16-11(9)14-12)8-4-2-1-3-5-8/h1-6H,7H2,(H2,13,14,16,17). The van der Waals surface area contributed by atoms with Crippen molar-refractivity contribution in [1.82, 2.24) is 15.5 Å². The van der Waals surface area contributed by atoms with Gasteiger partial charge in [-0.25, -0.2) is 4.79 Å². The van der Waals surface area contributed by atoms with Crippen LogP contribution in [0.2, 0.25) is 0 Å². The zero-order chi connectivity index (χ0) is 11.7. The molecule has 0 aliphatic carbocycles. The van der Waals surface area contributed by atoms with Gasteiger partial charge in [0.25, 0.3) is 0 Å². The molecule has 3 rings (SSSR count). The molecule has 0 spiro atoms. The van der Waals surface area contributed by atoms with Crippen LogP contribution < -0.4 is 10.6 Å². The van der Waals surface area contributed by atoms with Crippen LogP contribution in [-0.2, 0) is 6.54 Å². The molecule has 2 heterocycles. The molecule has 2 amide bonds. The van der Waals surface area contributed by atoms with Crippen molar-refractivity contribution in [3.8, 4) is 11.3 Å². The van der Waals surface area contributed by atoms with Crippen molar-refractivity contribution in [2.24, 2.45) is 0 Å². The number of rotatable bonds is 1. The van der Waals surface area contributed by atoms with Gasteiger partial charge in [-0.15, -0.1) is 10.2 Å². The SMILES string of the molecule is O=C1NCc2cc(-c3ccccc3)nnc2N1. The van der Waals surface area contributed by atoms with Crippen molar-refractivity contribution in [3.05, 3.63) is 42.0 Å². The van der Waals surface area contributed by atoms with Crippen molar-refractivity contribution < 1.29 is 4.79 Å². The van der Waals surface area contributed by atoms with E-state index in [-0.39, 0.29) is 6.03 Å². The van der Waals surface area contributed by atoms with Crippen molar-refractivity contribution in [2.75, 3.05) is 5.32 Å². The first kappa shape index (κ1) is 9.77. The summed E-state index contributed by atoms with van der Waals surface area (Å²) >= 11 is 0. The maximum atomic E-state index is 11.1. The summed E-state index contributed by atoms with van der Waals surface area (Å²) in [7, 11) is 0. The summed E-state index contributed by atoms with van der Waals surface area (Å²) < 4.78 is 0. The number of hydrogen-bond donors (Lipinski definition) is 2. The Hall–Kier alpha value is -2.43. The third kappa shape index (κ3) is 1.82. The Labute approximate surface area is 97.9 Å². The van der Waals surface area contributed by atoms with Gasteiger partial charge in [0.15, 0.2) is 5.82 Å². The number of fused-ring (bicyclic) bond motifs is 1. The van der Waals surface area contributed by atoms with Crippen LogP contribution in [0.1, 0.15) is 5.56 Å². The molecule has 0 saturated carbocycles. The Morgan fingerprint density at radius 3 is 2.76 bits per heavy atom. The lowest BCUT2D eigenvalue weighted by molar-refractivity contribution is 0.250. The molecule has 0 bridgehead atoms. The number of urea groups is 1. The zero-order valence-electron chi connectivity index (χ0n) is 8.97. The summed E-state index contributed by atoms with van der Waals surface area (Å²) in [6.45, 7) is 0.483. The molecule has 1 aliphatic rings. The fourth-order valence-corrected chi connectivity index (χ4v) is 1.75. The molecule has 17 heavy (non-hydrogen) atoms. The third-order valence-electron chi connectivity index (χ3n) is 2.61. The minimum absolute atomic E-state index is 0.237. The molecule has 2 N–H and O–H groups in total. The van der Waals surface area contributed by atoms with Crippen LogP contribution in [0.15, 0.2) is 36.4 Å². The van der Waals surface area contributed by atoms with Gasteiger partial charge in [-0.2, -0.15) is 0 Å². The molecule has 2 aromatic rings. The van der Waals surface area contributed by atoms with E-state index in [4.69, 9.17) is 0 Å².